The molecule has 206 valence electrons. The second-order valence-electron chi connectivity index (χ2n) is 10.3. The van der Waals surface area contributed by atoms with E-state index in [4.69, 9.17) is 9.47 Å². The third-order valence-electron chi connectivity index (χ3n) is 7.13. The first-order valence-electron chi connectivity index (χ1n) is 13.7. The molecule has 39 heavy (non-hydrogen) atoms. The number of nitrogens with one attached hydrogen (secondary N) is 2. The zero-order chi connectivity index (χ0) is 27.4. The van der Waals surface area contributed by atoms with E-state index < -0.39 is 0 Å². The van der Waals surface area contributed by atoms with Gasteiger partial charge in [0.1, 0.15) is 22.5 Å². The molecule has 1 saturated carbocycles. The van der Waals surface area contributed by atoms with E-state index in [1.807, 2.05) is 31.2 Å². The molecule has 2 heterocycles. The first kappa shape index (κ1) is 27.0. The maximum absolute atomic E-state index is 12.9. The first-order valence-corrected chi connectivity index (χ1v) is 14.5. The van der Waals surface area contributed by atoms with E-state index in [0.717, 1.165) is 49.1 Å². The molecule has 1 aliphatic heterocycles. The molecule has 2 unspecified atom stereocenters. The Morgan fingerprint density at radius 3 is 2.49 bits per heavy atom. The van der Waals surface area contributed by atoms with Crippen LogP contribution >= 0.6 is 11.3 Å². The molecule has 8 nitrogen and oxygen atoms in total. The van der Waals surface area contributed by atoms with Gasteiger partial charge >= 0.3 is 0 Å². The largest absolute Gasteiger partial charge is 0.493 e. The van der Waals surface area contributed by atoms with E-state index in [0.29, 0.717) is 22.1 Å². The summed E-state index contributed by atoms with van der Waals surface area (Å²) in [5.41, 5.74) is 2.77. The van der Waals surface area contributed by atoms with E-state index in [2.05, 4.69) is 44.8 Å². The van der Waals surface area contributed by atoms with Crippen molar-refractivity contribution in [3.63, 3.8) is 0 Å². The Morgan fingerprint density at radius 1 is 1.08 bits per heavy atom. The van der Waals surface area contributed by atoms with Crippen LogP contribution in [0.5, 0.6) is 11.5 Å². The van der Waals surface area contributed by atoms with E-state index in [1.165, 1.54) is 29.9 Å². The lowest BCUT2D eigenvalue weighted by atomic mass is 10.1. The summed E-state index contributed by atoms with van der Waals surface area (Å²) in [6, 6.07) is 16.1. The van der Waals surface area contributed by atoms with E-state index >= 15 is 0 Å². The number of benzene rings is 2. The number of rotatable bonds is 11. The average molecular weight is 549 g/mol. The quantitative estimate of drug-likeness (QED) is 0.318. The van der Waals surface area contributed by atoms with Crippen molar-refractivity contribution in [2.45, 2.75) is 58.6 Å². The maximum atomic E-state index is 12.9. The summed E-state index contributed by atoms with van der Waals surface area (Å²) in [5, 5.41) is 6.20. The van der Waals surface area contributed by atoms with Crippen molar-refractivity contribution < 1.29 is 19.1 Å². The Labute approximate surface area is 233 Å². The Kier molecular flexibility index (Phi) is 8.35. The fourth-order valence-corrected chi connectivity index (χ4v) is 5.44. The summed E-state index contributed by atoms with van der Waals surface area (Å²) in [5.74, 6) is 2.18. The van der Waals surface area contributed by atoms with Crippen molar-refractivity contribution in [1.82, 2.24) is 10.3 Å². The number of carbonyl (C=O) groups excluding carboxylic acids is 2. The number of hydrogen-bond donors (Lipinski definition) is 2. The molecular formula is C30H36N4O4S. The monoisotopic (exact) mass is 548 g/mol. The normalized spacial score (nSPS) is 17.5. The van der Waals surface area contributed by atoms with Crippen molar-refractivity contribution in [3.05, 3.63) is 64.7 Å². The van der Waals surface area contributed by atoms with Crippen LogP contribution in [0.1, 0.15) is 66.5 Å². The number of hydrogen-bond acceptors (Lipinski definition) is 7. The van der Waals surface area contributed by atoms with Crippen LogP contribution in [0.3, 0.4) is 0 Å². The number of carbonyl (C=O) groups is 2. The predicted molar refractivity (Wildman–Crippen MR) is 154 cm³/mol. The molecule has 2 fully saturated rings. The van der Waals surface area contributed by atoms with Gasteiger partial charge in [-0.3, -0.25) is 9.59 Å². The summed E-state index contributed by atoms with van der Waals surface area (Å²) in [7, 11) is 0. The van der Waals surface area contributed by atoms with Crippen molar-refractivity contribution in [3.8, 4) is 11.5 Å². The Bertz CT molecular complexity index is 1290. The van der Waals surface area contributed by atoms with Gasteiger partial charge in [-0.05, 0) is 74.6 Å². The lowest BCUT2D eigenvalue weighted by molar-refractivity contribution is -0.115. The number of amides is 2. The average Bonchev–Trinajstić information content (AvgIpc) is 3.54. The van der Waals surface area contributed by atoms with Crippen molar-refractivity contribution >= 4 is 34.0 Å². The topological polar surface area (TPSA) is 92.8 Å². The Balaban J connectivity index is 1.10. The molecule has 1 aromatic heterocycles. The summed E-state index contributed by atoms with van der Waals surface area (Å²) >= 11 is 1.19. The molecule has 2 aliphatic rings. The van der Waals surface area contributed by atoms with Gasteiger partial charge in [-0.2, -0.15) is 0 Å². The lowest BCUT2D eigenvalue weighted by Crippen LogP contribution is -2.26. The molecule has 0 spiro atoms. The molecule has 2 amide bonds. The lowest BCUT2D eigenvalue weighted by Gasteiger charge is -2.20. The van der Waals surface area contributed by atoms with Crippen LogP contribution in [0.4, 0.5) is 10.8 Å². The van der Waals surface area contributed by atoms with Crippen LogP contribution in [-0.2, 0) is 4.79 Å². The number of nitrogens with zero attached hydrogens (tertiary/aromatic N) is 2. The fraction of sp³-hybridized carbons (Fsp3) is 0.433. The minimum absolute atomic E-state index is 0.121. The molecule has 2 atom stereocenters. The van der Waals surface area contributed by atoms with Crippen LogP contribution < -0.4 is 25.0 Å². The van der Waals surface area contributed by atoms with Crippen LogP contribution in [0.25, 0.3) is 0 Å². The number of anilines is 2. The van der Waals surface area contributed by atoms with Crippen molar-refractivity contribution in [1.29, 1.82) is 0 Å². The molecule has 0 radical (unpaired) electrons. The highest BCUT2D eigenvalue weighted by Gasteiger charge is 2.25. The van der Waals surface area contributed by atoms with Crippen LogP contribution in [0.2, 0.25) is 0 Å². The highest BCUT2D eigenvalue weighted by Crippen LogP contribution is 2.31. The molecule has 5 rings (SSSR count). The zero-order valence-electron chi connectivity index (χ0n) is 22.7. The van der Waals surface area contributed by atoms with Gasteiger partial charge in [0.25, 0.3) is 5.91 Å². The summed E-state index contributed by atoms with van der Waals surface area (Å²) in [6.07, 6.45) is 4.03. The van der Waals surface area contributed by atoms with Gasteiger partial charge in [0.15, 0.2) is 5.13 Å². The summed E-state index contributed by atoms with van der Waals surface area (Å²) in [6.45, 7) is 8.11. The minimum atomic E-state index is -0.205. The number of aryl methyl sites for hydroxylation is 1. The van der Waals surface area contributed by atoms with Crippen LogP contribution in [-0.4, -0.2) is 42.6 Å². The number of thiazole rings is 1. The van der Waals surface area contributed by atoms with Gasteiger partial charge < -0.3 is 25.0 Å². The molecule has 1 saturated heterocycles. The summed E-state index contributed by atoms with van der Waals surface area (Å²) in [4.78, 5) is 31.6. The van der Waals surface area contributed by atoms with Gasteiger partial charge in [-0.15, -0.1) is 0 Å². The SMILES string of the molecule is CCC(=O)Nc1nc(C)c(C(=O)NC(C)c2ccc(OC3CCN(c4ccc(OCC5CC5)cc4)C3)cc2)s1. The van der Waals surface area contributed by atoms with Gasteiger partial charge in [0.05, 0.1) is 24.9 Å². The predicted octanol–water partition coefficient (Wildman–Crippen LogP) is 5.74. The standard InChI is InChI=1S/C30H36N4O4S/c1-4-27(35)33-30-32-20(3)28(39-30)29(36)31-19(2)22-7-11-25(12-8-22)38-26-15-16-34(17-26)23-9-13-24(14-10-23)37-18-21-5-6-21/h7-14,19,21,26H,4-6,15-18H2,1-3H3,(H,31,36)(H,32,33,35). The molecule has 2 aromatic carbocycles. The highest BCUT2D eigenvalue weighted by molar-refractivity contribution is 7.17. The first-order chi connectivity index (χ1) is 18.9. The van der Waals surface area contributed by atoms with E-state index in [9.17, 15) is 9.59 Å². The molecule has 1 aliphatic carbocycles. The highest BCUT2D eigenvalue weighted by atomic mass is 32.1. The second-order valence-corrected chi connectivity index (χ2v) is 11.3. The zero-order valence-corrected chi connectivity index (χ0v) is 23.6. The van der Waals surface area contributed by atoms with E-state index in [1.54, 1.807) is 13.8 Å². The smallest absolute Gasteiger partial charge is 0.263 e. The number of aromatic nitrogens is 1. The third kappa shape index (κ3) is 7.09. The maximum Gasteiger partial charge on any atom is 0.263 e. The summed E-state index contributed by atoms with van der Waals surface area (Å²) < 4.78 is 12.1. The second kappa shape index (κ2) is 12.1. The van der Waals surface area contributed by atoms with Gasteiger partial charge in [0.2, 0.25) is 5.91 Å². The molecule has 2 N–H and O–H groups in total. The van der Waals surface area contributed by atoms with Gasteiger partial charge in [-0.25, -0.2) is 4.98 Å². The van der Waals surface area contributed by atoms with Crippen molar-refractivity contribution in [2.24, 2.45) is 5.92 Å². The van der Waals surface area contributed by atoms with Crippen LogP contribution in [0, 0.1) is 12.8 Å². The Morgan fingerprint density at radius 2 is 1.79 bits per heavy atom. The Hall–Kier alpha value is -3.59. The van der Waals surface area contributed by atoms with Crippen molar-refractivity contribution in [2.75, 3.05) is 29.9 Å². The fourth-order valence-electron chi connectivity index (χ4n) is 4.55. The minimum Gasteiger partial charge on any atom is -0.493 e. The molecule has 0 bridgehead atoms. The van der Waals surface area contributed by atoms with Gasteiger partial charge in [0, 0.05) is 25.1 Å². The van der Waals surface area contributed by atoms with Gasteiger partial charge in [-0.1, -0.05) is 30.4 Å². The third-order valence-corrected chi connectivity index (χ3v) is 8.20. The molecule has 9 heteroatoms. The van der Waals surface area contributed by atoms with E-state index in [-0.39, 0.29) is 24.0 Å². The number of ether oxygens (including phenoxy) is 2. The molecular weight excluding hydrogens is 512 g/mol. The molecule has 3 aromatic rings. The van der Waals surface area contributed by atoms with Crippen LogP contribution in [0.15, 0.2) is 48.5 Å².